The summed E-state index contributed by atoms with van der Waals surface area (Å²) in [6.45, 7) is 5.54. The molecule has 0 N–H and O–H groups in total. The van der Waals surface area contributed by atoms with Crippen LogP contribution in [-0.4, -0.2) is 10.6 Å². The van der Waals surface area contributed by atoms with Crippen molar-refractivity contribution in [2.24, 2.45) is 0 Å². The van der Waals surface area contributed by atoms with Crippen LogP contribution in [0.15, 0.2) is 30.3 Å². The molecule has 1 aromatic carbocycles. The molecule has 1 atom stereocenters. The zero-order valence-electron chi connectivity index (χ0n) is 8.70. The minimum Gasteiger partial charge on any atom is -0.127 e. The van der Waals surface area contributed by atoms with E-state index in [1.165, 1.54) is 0 Å². The molecule has 0 saturated heterocycles. The molecular formula is C11H15ClNO. The Bertz CT molecular complexity index is 281. The molecule has 3 heteroatoms. The van der Waals surface area contributed by atoms with Gasteiger partial charge in [0.2, 0.25) is 0 Å². The van der Waals surface area contributed by atoms with Crippen molar-refractivity contribution in [3.05, 3.63) is 35.9 Å². The Morgan fingerprint density at radius 3 is 2.14 bits per heavy atom. The van der Waals surface area contributed by atoms with Crippen molar-refractivity contribution in [2.45, 2.75) is 31.8 Å². The Kier molecular flexibility index (Phi) is 3.53. The van der Waals surface area contributed by atoms with Gasteiger partial charge in [0.05, 0.1) is 0 Å². The zero-order chi connectivity index (χ0) is 10.8. The van der Waals surface area contributed by atoms with Crippen LogP contribution in [0.4, 0.5) is 0 Å². The molecule has 2 nitrogen and oxygen atoms in total. The first-order chi connectivity index (χ1) is 6.43. The third kappa shape index (κ3) is 2.71. The molecule has 0 bridgehead atoms. The van der Waals surface area contributed by atoms with Gasteiger partial charge in [-0.05, 0) is 26.3 Å². The molecule has 0 aliphatic carbocycles. The summed E-state index contributed by atoms with van der Waals surface area (Å²) < 4.78 is 0. The minimum absolute atomic E-state index is 0.470. The number of rotatable bonds is 2. The van der Waals surface area contributed by atoms with Gasteiger partial charge in [0.1, 0.15) is 5.50 Å². The van der Waals surface area contributed by atoms with Crippen molar-refractivity contribution in [3.63, 3.8) is 0 Å². The van der Waals surface area contributed by atoms with Gasteiger partial charge in [-0.1, -0.05) is 41.9 Å². The fraction of sp³-hybridized carbons (Fsp3) is 0.455. The van der Waals surface area contributed by atoms with E-state index in [2.05, 4.69) is 0 Å². The van der Waals surface area contributed by atoms with Gasteiger partial charge in [0.15, 0.2) is 0 Å². The maximum Gasteiger partial charge on any atom is 0.138 e. The molecule has 0 saturated carbocycles. The highest BCUT2D eigenvalue weighted by atomic mass is 35.5. The van der Waals surface area contributed by atoms with Crippen LogP contribution in [0, 0.1) is 0 Å². The van der Waals surface area contributed by atoms with Crippen LogP contribution in [0.1, 0.15) is 31.8 Å². The molecule has 77 valence electrons. The number of hydrogen-bond acceptors (Lipinski definition) is 1. The number of halogens is 1. The molecule has 1 aromatic rings. The Hall–Kier alpha value is -0.570. The number of hydrogen-bond donors (Lipinski definition) is 0. The number of alkyl halides is 1. The zero-order valence-corrected chi connectivity index (χ0v) is 9.45. The van der Waals surface area contributed by atoms with Gasteiger partial charge in [0, 0.05) is 5.54 Å². The average Bonchev–Trinajstić information content (AvgIpc) is 2.15. The maximum atomic E-state index is 11.7. The van der Waals surface area contributed by atoms with E-state index in [1.807, 2.05) is 51.1 Å². The molecule has 0 heterocycles. The lowest BCUT2D eigenvalue weighted by atomic mass is 10.1. The quantitative estimate of drug-likeness (QED) is 0.419. The van der Waals surface area contributed by atoms with Crippen molar-refractivity contribution in [2.75, 3.05) is 0 Å². The van der Waals surface area contributed by atoms with Crippen LogP contribution in [0.3, 0.4) is 0 Å². The van der Waals surface area contributed by atoms with Crippen molar-refractivity contribution >= 4 is 11.6 Å². The fourth-order valence-corrected chi connectivity index (χ4v) is 1.53. The first-order valence-corrected chi connectivity index (χ1v) is 5.02. The highest BCUT2D eigenvalue weighted by Crippen LogP contribution is 2.29. The molecule has 0 aliphatic heterocycles. The Labute approximate surface area is 90.1 Å². The average molecular weight is 213 g/mol. The number of hydroxylamine groups is 2. The molecule has 1 rings (SSSR count). The second kappa shape index (κ2) is 4.30. The normalized spacial score (nSPS) is 14.4. The van der Waals surface area contributed by atoms with Gasteiger partial charge in [-0.15, -0.1) is 10.3 Å². The summed E-state index contributed by atoms with van der Waals surface area (Å²) in [5.41, 5.74) is -0.252. The van der Waals surface area contributed by atoms with E-state index < -0.39 is 11.0 Å². The molecule has 0 amide bonds. The maximum absolute atomic E-state index is 11.7. The Morgan fingerprint density at radius 1 is 1.21 bits per heavy atom. The van der Waals surface area contributed by atoms with Crippen molar-refractivity contribution in [1.29, 1.82) is 0 Å². The Morgan fingerprint density at radius 2 is 1.71 bits per heavy atom. The van der Waals surface area contributed by atoms with E-state index in [4.69, 9.17) is 11.6 Å². The summed E-state index contributed by atoms with van der Waals surface area (Å²) in [4.78, 5) is 0. The van der Waals surface area contributed by atoms with Gasteiger partial charge >= 0.3 is 0 Å². The van der Waals surface area contributed by atoms with Crippen LogP contribution >= 0.6 is 11.6 Å². The van der Waals surface area contributed by atoms with E-state index in [-0.39, 0.29) is 0 Å². The molecular weight excluding hydrogens is 198 g/mol. The van der Waals surface area contributed by atoms with Gasteiger partial charge in [-0.2, -0.15) is 0 Å². The van der Waals surface area contributed by atoms with Crippen molar-refractivity contribution in [3.8, 4) is 0 Å². The van der Waals surface area contributed by atoms with Gasteiger partial charge < -0.3 is 0 Å². The standard InChI is InChI=1S/C11H15ClNO/c1-11(2,3)13(14)10(12)9-7-5-4-6-8-9/h4-8,10H,1-3H3. The first-order valence-electron chi connectivity index (χ1n) is 4.58. The largest absolute Gasteiger partial charge is 0.138 e. The van der Waals surface area contributed by atoms with Crippen molar-refractivity contribution < 1.29 is 5.21 Å². The highest BCUT2D eigenvalue weighted by molar-refractivity contribution is 6.20. The highest BCUT2D eigenvalue weighted by Gasteiger charge is 2.28. The fourth-order valence-electron chi connectivity index (χ4n) is 1.09. The van der Waals surface area contributed by atoms with Crippen molar-refractivity contribution in [1.82, 2.24) is 5.06 Å². The lowest BCUT2D eigenvalue weighted by Gasteiger charge is -2.30. The third-order valence-corrected chi connectivity index (χ3v) is 2.37. The third-order valence-electron chi connectivity index (χ3n) is 1.94. The monoisotopic (exact) mass is 212 g/mol. The predicted molar refractivity (Wildman–Crippen MR) is 57.3 cm³/mol. The summed E-state index contributed by atoms with van der Waals surface area (Å²) in [5, 5.41) is 12.7. The lowest BCUT2D eigenvalue weighted by Crippen LogP contribution is -2.38. The summed E-state index contributed by atoms with van der Waals surface area (Å²) >= 11 is 6.05. The molecule has 0 aromatic heterocycles. The first kappa shape index (κ1) is 11.5. The van der Waals surface area contributed by atoms with Crippen LogP contribution < -0.4 is 0 Å². The summed E-state index contributed by atoms with van der Waals surface area (Å²) in [6.07, 6.45) is 0. The predicted octanol–water partition coefficient (Wildman–Crippen LogP) is 3.37. The smallest absolute Gasteiger partial charge is 0.127 e. The van der Waals surface area contributed by atoms with Crippen LogP contribution in [0.25, 0.3) is 0 Å². The van der Waals surface area contributed by atoms with E-state index in [0.29, 0.717) is 0 Å². The van der Waals surface area contributed by atoms with Gasteiger partial charge in [-0.25, -0.2) is 0 Å². The van der Waals surface area contributed by atoms with Gasteiger partial charge in [-0.3, -0.25) is 0 Å². The topological polar surface area (TPSA) is 23.1 Å². The molecule has 0 fully saturated rings. The summed E-state index contributed by atoms with van der Waals surface area (Å²) in [7, 11) is 0. The second-order valence-corrected chi connectivity index (χ2v) is 4.66. The molecule has 14 heavy (non-hydrogen) atoms. The Balaban J connectivity index is 2.81. The summed E-state index contributed by atoms with van der Waals surface area (Å²) in [5.74, 6) is 0. The lowest BCUT2D eigenvalue weighted by molar-refractivity contribution is -0.224. The van der Waals surface area contributed by atoms with Crippen LogP contribution in [-0.2, 0) is 5.21 Å². The van der Waals surface area contributed by atoms with E-state index in [9.17, 15) is 5.21 Å². The minimum atomic E-state index is -0.615. The van der Waals surface area contributed by atoms with E-state index in [0.717, 1.165) is 10.6 Å². The van der Waals surface area contributed by atoms with Gasteiger partial charge in [0.25, 0.3) is 0 Å². The van der Waals surface area contributed by atoms with Crippen LogP contribution in [0.2, 0.25) is 0 Å². The summed E-state index contributed by atoms with van der Waals surface area (Å²) in [6, 6.07) is 9.37. The SMILES string of the molecule is CC(C)(C)N([O])C(Cl)c1ccccc1. The van der Waals surface area contributed by atoms with E-state index >= 15 is 0 Å². The van der Waals surface area contributed by atoms with E-state index in [1.54, 1.807) is 0 Å². The van der Waals surface area contributed by atoms with Crippen LogP contribution in [0.5, 0.6) is 0 Å². The number of benzene rings is 1. The molecule has 1 unspecified atom stereocenters. The second-order valence-electron chi connectivity index (χ2n) is 4.24. The molecule has 0 aliphatic rings. The molecule has 0 spiro atoms. The number of nitrogens with zero attached hydrogens (tertiary/aromatic N) is 1. The molecule has 1 radical (unpaired) electrons.